The minimum atomic E-state index is -1.16. The molecule has 2 N–H and O–H groups in total. The van der Waals surface area contributed by atoms with Gasteiger partial charge in [0.05, 0.1) is 5.88 Å². The van der Waals surface area contributed by atoms with Gasteiger partial charge < -0.3 is 15.3 Å². The molecule has 3 unspecified atom stereocenters. The largest absolute Gasteiger partial charge is 0.383 e. The normalized spacial score (nSPS) is 20.5. The number of aliphatic hydroxyl groups excluding tert-OH is 1. The smallest absolute Gasteiger partial charge is 0.253 e. The van der Waals surface area contributed by atoms with Crippen molar-refractivity contribution in [2.75, 3.05) is 11.6 Å². The van der Waals surface area contributed by atoms with Crippen molar-refractivity contribution in [3.63, 3.8) is 0 Å². The molecule has 24 heavy (non-hydrogen) atoms. The molecule has 0 radical (unpaired) electrons. The van der Waals surface area contributed by atoms with Crippen LogP contribution in [0.2, 0.25) is 0 Å². The molecule has 0 spiro atoms. The van der Waals surface area contributed by atoms with Gasteiger partial charge in [-0.25, -0.2) is 0 Å². The van der Waals surface area contributed by atoms with Gasteiger partial charge >= 0.3 is 0 Å². The first kappa shape index (κ1) is 18.8. The number of carbonyl (C=O) groups excluding carboxylic acids is 2. The van der Waals surface area contributed by atoms with Crippen LogP contribution in [0.4, 0.5) is 0 Å². The van der Waals surface area contributed by atoms with Gasteiger partial charge in [0.15, 0.2) is 0 Å². The molecule has 0 bridgehead atoms. The predicted octanol–water partition coefficient (Wildman–Crippen LogP) is 1.97. The summed E-state index contributed by atoms with van der Waals surface area (Å²) in [6.45, 7) is 7.55. The van der Waals surface area contributed by atoms with Gasteiger partial charge in [0.25, 0.3) is 5.91 Å². The Morgan fingerprint density at radius 3 is 2.50 bits per heavy atom. The summed E-state index contributed by atoms with van der Waals surface area (Å²) in [6, 6.07) is 8.92. The van der Waals surface area contributed by atoms with Gasteiger partial charge in [-0.3, -0.25) is 9.59 Å². The standard InChI is InChI=1S/C18H26N2O3S/c1-12(13-8-6-5-7-9-13)15(21)17(23)20-11-24-10-14(20)16(22)19-18(2,3)4/h5-9,12,14-15,21H,10-11H2,1-4H3,(H,19,22). The Balaban J connectivity index is 2.08. The zero-order valence-electron chi connectivity index (χ0n) is 14.7. The lowest BCUT2D eigenvalue weighted by Crippen LogP contribution is -2.54. The fraction of sp³-hybridized carbons (Fsp3) is 0.556. The number of nitrogens with zero attached hydrogens (tertiary/aromatic N) is 1. The average Bonchev–Trinajstić information content (AvgIpc) is 3.01. The maximum atomic E-state index is 12.7. The molecule has 1 aliphatic rings. The average molecular weight is 350 g/mol. The Hall–Kier alpha value is -1.53. The second kappa shape index (κ2) is 7.57. The van der Waals surface area contributed by atoms with Crippen molar-refractivity contribution in [1.82, 2.24) is 10.2 Å². The van der Waals surface area contributed by atoms with Crippen molar-refractivity contribution >= 4 is 23.6 Å². The van der Waals surface area contributed by atoms with E-state index in [9.17, 15) is 14.7 Å². The van der Waals surface area contributed by atoms with E-state index in [1.807, 2.05) is 58.0 Å². The Kier molecular flexibility index (Phi) is 5.93. The van der Waals surface area contributed by atoms with E-state index in [0.29, 0.717) is 11.6 Å². The maximum Gasteiger partial charge on any atom is 0.253 e. The van der Waals surface area contributed by atoms with Crippen LogP contribution in [0.25, 0.3) is 0 Å². The van der Waals surface area contributed by atoms with Crippen LogP contribution in [0.5, 0.6) is 0 Å². The maximum absolute atomic E-state index is 12.7. The van der Waals surface area contributed by atoms with Crippen LogP contribution in [0.15, 0.2) is 30.3 Å². The van der Waals surface area contributed by atoms with Crippen molar-refractivity contribution in [3.8, 4) is 0 Å². The van der Waals surface area contributed by atoms with Crippen molar-refractivity contribution in [2.24, 2.45) is 0 Å². The van der Waals surface area contributed by atoms with Crippen molar-refractivity contribution < 1.29 is 14.7 Å². The highest BCUT2D eigenvalue weighted by atomic mass is 32.2. The number of hydrogen-bond donors (Lipinski definition) is 2. The first-order valence-electron chi connectivity index (χ1n) is 8.14. The Morgan fingerprint density at radius 2 is 1.92 bits per heavy atom. The third-order valence-corrected chi connectivity index (χ3v) is 5.03. The van der Waals surface area contributed by atoms with Crippen LogP contribution >= 0.6 is 11.8 Å². The van der Waals surface area contributed by atoms with Crippen LogP contribution in [0.3, 0.4) is 0 Å². The van der Waals surface area contributed by atoms with Crippen molar-refractivity contribution in [1.29, 1.82) is 0 Å². The first-order chi connectivity index (χ1) is 11.2. The third kappa shape index (κ3) is 4.51. The molecular weight excluding hydrogens is 324 g/mol. The molecule has 1 aromatic rings. The molecule has 1 saturated heterocycles. The molecule has 0 saturated carbocycles. The number of nitrogens with one attached hydrogen (secondary N) is 1. The van der Waals surface area contributed by atoms with Crippen molar-refractivity contribution in [3.05, 3.63) is 35.9 Å². The molecule has 3 atom stereocenters. The van der Waals surface area contributed by atoms with Crippen LogP contribution in [-0.2, 0) is 9.59 Å². The quantitative estimate of drug-likeness (QED) is 0.871. The second-order valence-corrected chi connectivity index (χ2v) is 8.21. The SMILES string of the molecule is CC(c1ccccc1)C(O)C(=O)N1CSCC1C(=O)NC(C)(C)C. The zero-order chi connectivity index (χ0) is 17.9. The number of thioether (sulfide) groups is 1. The van der Waals surface area contributed by atoms with Gasteiger partial charge in [-0.2, -0.15) is 0 Å². The van der Waals surface area contributed by atoms with E-state index in [4.69, 9.17) is 0 Å². The van der Waals surface area contributed by atoms with E-state index >= 15 is 0 Å². The summed E-state index contributed by atoms with van der Waals surface area (Å²) in [4.78, 5) is 26.7. The molecule has 2 amide bonds. The third-order valence-electron chi connectivity index (χ3n) is 4.02. The fourth-order valence-electron chi connectivity index (χ4n) is 2.65. The molecule has 6 heteroatoms. The lowest BCUT2D eigenvalue weighted by molar-refractivity contribution is -0.146. The predicted molar refractivity (Wildman–Crippen MR) is 96.7 cm³/mol. The number of hydrogen-bond acceptors (Lipinski definition) is 4. The van der Waals surface area contributed by atoms with Gasteiger partial charge in [0.1, 0.15) is 12.1 Å². The topological polar surface area (TPSA) is 69.6 Å². The second-order valence-electron chi connectivity index (χ2n) is 7.21. The molecule has 5 nitrogen and oxygen atoms in total. The van der Waals surface area contributed by atoms with Crippen molar-refractivity contribution in [2.45, 2.75) is 51.3 Å². The summed E-state index contributed by atoms with van der Waals surface area (Å²) in [5.41, 5.74) is 0.551. The minimum absolute atomic E-state index is 0.166. The summed E-state index contributed by atoms with van der Waals surface area (Å²) in [5.74, 6) is 0.112. The monoisotopic (exact) mass is 350 g/mol. The summed E-state index contributed by atoms with van der Waals surface area (Å²) < 4.78 is 0. The van der Waals surface area contributed by atoms with Gasteiger partial charge in [-0.1, -0.05) is 37.3 Å². The van der Waals surface area contributed by atoms with E-state index in [1.54, 1.807) is 0 Å². The summed E-state index contributed by atoms with van der Waals surface area (Å²) in [5, 5.41) is 13.4. The number of benzene rings is 1. The highest BCUT2D eigenvalue weighted by molar-refractivity contribution is 7.99. The molecule has 1 aromatic carbocycles. The van der Waals surface area contributed by atoms with E-state index in [1.165, 1.54) is 16.7 Å². The zero-order valence-corrected chi connectivity index (χ0v) is 15.5. The van der Waals surface area contributed by atoms with Gasteiger partial charge in [0, 0.05) is 17.2 Å². The van der Waals surface area contributed by atoms with Crippen LogP contribution in [-0.4, -0.2) is 51.1 Å². The summed E-state index contributed by atoms with van der Waals surface area (Å²) in [7, 11) is 0. The molecule has 0 aromatic heterocycles. The molecule has 1 heterocycles. The van der Waals surface area contributed by atoms with E-state index < -0.39 is 12.1 Å². The lowest BCUT2D eigenvalue weighted by atomic mass is 9.94. The van der Waals surface area contributed by atoms with E-state index in [0.717, 1.165) is 5.56 Å². The van der Waals surface area contributed by atoms with Crippen LogP contribution in [0, 0.1) is 0 Å². The number of aliphatic hydroxyl groups is 1. The summed E-state index contributed by atoms with van der Waals surface area (Å²) >= 11 is 1.53. The Bertz CT molecular complexity index is 586. The molecular formula is C18H26N2O3S. The number of carbonyl (C=O) groups is 2. The van der Waals surface area contributed by atoms with Gasteiger partial charge in [-0.05, 0) is 26.3 Å². The van der Waals surface area contributed by atoms with Gasteiger partial charge in [-0.15, -0.1) is 11.8 Å². The molecule has 2 rings (SSSR count). The highest BCUT2D eigenvalue weighted by Crippen LogP contribution is 2.26. The minimum Gasteiger partial charge on any atom is -0.383 e. The number of amides is 2. The fourth-order valence-corrected chi connectivity index (χ4v) is 3.82. The summed E-state index contributed by atoms with van der Waals surface area (Å²) in [6.07, 6.45) is -1.16. The Labute approximate surface area is 147 Å². The molecule has 132 valence electrons. The molecule has 1 fully saturated rings. The molecule has 1 aliphatic heterocycles. The van der Waals surface area contributed by atoms with Gasteiger partial charge in [0.2, 0.25) is 5.91 Å². The van der Waals surface area contributed by atoms with Crippen LogP contribution < -0.4 is 5.32 Å². The van der Waals surface area contributed by atoms with Crippen LogP contribution in [0.1, 0.15) is 39.2 Å². The Morgan fingerprint density at radius 1 is 1.29 bits per heavy atom. The van der Waals surface area contributed by atoms with E-state index in [-0.39, 0.29) is 23.3 Å². The van der Waals surface area contributed by atoms with E-state index in [2.05, 4.69) is 5.32 Å². The molecule has 0 aliphatic carbocycles. The number of rotatable bonds is 4. The highest BCUT2D eigenvalue weighted by Gasteiger charge is 2.39. The lowest BCUT2D eigenvalue weighted by Gasteiger charge is -2.30. The first-order valence-corrected chi connectivity index (χ1v) is 9.29.